The average molecular weight is 481 g/mol. The second kappa shape index (κ2) is 9.66. The predicted molar refractivity (Wildman–Crippen MR) is 123 cm³/mol. The molecule has 3 aromatic carbocycles. The lowest BCUT2D eigenvalue weighted by Gasteiger charge is -2.29. The highest BCUT2D eigenvalue weighted by Gasteiger charge is 2.25. The molecule has 0 aliphatic carbocycles. The Balaban J connectivity index is 1.40. The van der Waals surface area contributed by atoms with Gasteiger partial charge in [0.25, 0.3) is 11.8 Å². The average Bonchev–Trinajstić information content (AvgIpc) is 2.79. The molecule has 1 aliphatic heterocycles. The van der Waals surface area contributed by atoms with Crippen LogP contribution in [0.1, 0.15) is 16.8 Å². The van der Waals surface area contributed by atoms with E-state index in [0.717, 1.165) is 10.2 Å². The minimum Gasteiger partial charge on any atom is -0.494 e. The Morgan fingerprint density at radius 2 is 1.84 bits per heavy atom. The number of ether oxygens (including phenoxy) is 2. The van der Waals surface area contributed by atoms with E-state index in [1.165, 1.54) is 0 Å². The van der Waals surface area contributed by atoms with Gasteiger partial charge in [0.05, 0.1) is 17.9 Å². The molecule has 0 spiro atoms. The van der Waals surface area contributed by atoms with Crippen LogP contribution < -0.4 is 19.7 Å². The van der Waals surface area contributed by atoms with E-state index in [4.69, 9.17) is 9.47 Å². The molecular formula is C24H21BrN2O4. The lowest BCUT2D eigenvalue weighted by Crippen LogP contribution is -2.39. The van der Waals surface area contributed by atoms with E-state index >= 15 is 0 Å². The minimum absolute atomic E-state index is 0.0336. The third-order valence-electron chi connectivity index (χ3n) is 4.82. The summed E-state index contributed by atoms with van der Waals surface area (Å²) < 4.78 is 12.0. The van der Waals surface area contributed by atoms with Gasteiger partial charge < -0.3 is 19.7 Å². The molecule has 1 heterocycles. The first kappa shape index (κ1) is 20.9. The van der Waals surface area contributed by atoms with Gasteiger partial charge in [-0.15, -0.1) is 0 Å². The summed E-state index contributed by atoms with van der Waals surface area (Å²) in [6.45, 7) is 0.989. The predicted octanol–water partition coefficient (Wildman–Crippen LogP) is 4.90. The molecule has 0 saturated carbocycles. The van der Waals surface area contributed by atoms with E-state index in [9.17, 15) is 9.59 Å². The van der Waals surface area contributed by atoms with Crippen LogP contribution in [0.15, 0.2) is 77.3 Å². The van der Waals surface area contributed by atoms with Crippen molar-refractivity contribution in [3.63, 3.8) is 0 Å². The number of halogens is 1. The van der Waals surface area contributed by atoms with Crippen LogP contribution in [-0.4, -0.2) is 31.6 Å². The standard InChI is InChI=1S/C24H21BrN2O4/c25-20-10-5-4-9-19(20)24(29)26-17-11-12-21-22(15-17)31-16-23(28)27(21)13-6-14-30-18-7-2-1-3-8-18/h1-5,7-12,15H,6,13-14,16H2,(H,26,29). The van der Waals surface area contributed by atoms with Crippen molar-refractivity contribution < 1.29 is 19.1 Å². The van der Waals surface area contributed by atoms with Crippen LogP contribution in [0.2, 0.25) is 0 Å². The van der Waals surface area contributed by atoms with Crippen LogP contribution in [0.3, 0.4) is 0 Å². The molecule has 0 atom stereocenters. The Morgan fingerprint density at radius 3 is 2.65 bits per heavy atom. The van der Waals surface area contributed by atoms with Gasteiger partial charge in [-0.3, -0.25) is 9.59 Å². The Morgan fingerprint density at radius 1 is 1.06 bits per heavy atom. The summed E-state index contributed by atoms with van der Waals surface area (Å²) in [6.07, 6.45) is 0.681. The fourth-order valence-electron chi connectivity index (χ4n) is 3.30. The number of fused-ring (bicyclic) bond motifs is 1. The van der Waals surface area contributed by atoms with E-state index in [1.54, 1.807) is 35.2 Å². The summed E-state index contributed by atoms with van der Waals surface area (Å²) in [7, 11) is 0. The molecule has 0 bridgehead atoms. The fourth-order valence-corrected chi connectivity index (χ4v) is 3.77. The number of anilines is 2. The zero-order chi connectivity index (χ0) is 21.6. The number of hydrogen-bond donors (Lipinski definition) is 1. The van der Waals surface area contributed by atoms with Crippen LogP contribution in [0, 0.1) is 0 Å². The van der Waals surface area contributed by atoms with Crippen molar-refractivity contribution in [2.24, 2.45) is 0 Å². The quantitative estimate of drug-likeness (QED) is 0.488. The highest BCUT2D eigenvalue weighted by molar-refractivity contribution is 9.10. The van der Waals surface area contributed by atoms with Gasteiger partial charge >= 0.3 is 0 Å². The van der Waals surface area contributed by atoms with Crippen molar-refractivity contribution >= 4 is 39.1 Å². The van der Waals surface area contributed by atoms with Crippen molar-refractivity contribution in [2.75, 3.05) is 30.0 Å². The third-order valence-corrected chi connectivity index (χ3v) is 5.51. The molecule has 4 rings (SSSR count). The van der Waals surface area contributed by atoms with E-state index in [0.29, 0.717) is 42.3 Å². The topological polar surface area (TPSA) is 67.9 Å². The smallest absolute Gasteiger partial charge is 0.265 e. The number of hydrogen-bond acceptors (Lipinski definition) is 4. The lowest BCUT2D eigenvalue weighted by molar-refractivity contribution is -0.121. The summed E-state index contributed by atoms with van der Waals surface area (Å²) in [5, 5.41) is 2.87. The molecule has 2 amide bonds. The second-order valence-electron chi connectivity index (χ2n) is 6.97. The minimum atomic E-state index is -0.228. The summed E-state index contributed by atoms with van der Waals surface area (Å²) >= 11 is 3.39. The van der Waals surface area contributed by atoms with Gasteiger partial charge in [0, 0.05) is 22.8 Å². The summed E-state index contributed by atoms with van der Waals surface area (Å²) in [5.41, 5.74) is 1.83. The number of carbonyl (C=O) groups is 2. The van der Waals surface area contributed by atoms with Crippen molar-refractivity contribution in [2.45, 2.75) is 6.42 Å². The number of para-hydroxylation sites is 1. The number of amides is 2. The molecule has 31 heavy (non-hydrogen) atoms. The summed E-state index contributed by atoms with van der Waals surface area (Å²) in [5.74, 6) is 1.04. The van der Waals surface area contributed by atoms with E-state index in [2.05, 4.69) is 21.2 Å². The molecule has 7 heteroatoms. The molecule has 0 unspecified atom stereocenters. The molecule has 1 N–H and O–H groups in total. The van der Waals surface area contributed by atoms with Gasteiger partial charge in [-0.2, -0.15) is 0 Å². The first-order valence-corrected chi connectivity index (χ1v) is 10.7. The number of nitrogens with one attached hydrogen (secondary N) is 1. The van der Waals surface area contributed by atoms with Crippen molar-refractivity contribution in [3.8, 4) is 11.5 Å². The van der Waals surface area contributed by atoms with E-state index in [-0.39, 0.29) is 18.4 Å². The molecule has 3 aromatic rings. The zero-order valence-corrected chi connectivity index (χ0v) is 18.3. The molecular weight excluding hydrogens is 460 g/mol. The molecule has 6 nitrogen and oxygen atoms in total. The Bertz CT molecular complexity index is 1090. The second-order valence-corrected chi connectivity index (χ2v) is 7.82. The monoisotopic (exact) mass is 480 g/mol. The van der Waals surface area contributed by atoms with Crippen LogP contribution in [0.4, 0.5) is 11.4 Å². The number of benzene rings is 3. The first-order valence-electron chi connectivity index (χ1n) is 9.93. The fraction of sp³-hybridized carbons (Fsp3) is 0.167. The van der Waals surface area contributed by atoms with Crippen molar-refractivity contribution in [3.05, 3.63) is 82.8 Å². The van der Waals surface area contributed by atoms with Crippen LogP contribution >= 0.6 is 15.9 Å². The van der Waals surface area contributed by atoms with Gasteiger partial charge in [0.2, 0.25) is 0 Å². The van der Waals surface area contributed by atoms with Gasteiger partial charge in [-0.25, -0.2) is 0 Å². The molecule has 0 aromatic heterocycles. The normalized spacial score (nSPS) is 12.7. The SMILES string of the molecule is O=C(Nc1ccc2c(c1)OCC(=O)N2CCCOc1ccccc1)c1ccccc1Br. The highest BCUT2D eigenvalue weighted by atomic mass is 79.9. The number of carbonyl (C=O) groups excluding carboxylic acids is 2. The van der Waals surface area contributed by atoms with Crippen molar-refractivity contribution in [1.29, 1.82) is 0 Å². The van der Waals surface area contributed by atoms with Crippen LogP contribution in [0.25, 0.3) is 0 Å². The summed E-state index contributed by atoms with van der Waals surface area (Å²) in [6, 6.07) is 22.1. The molecule has 1 aliphatic rings. The van der Waals surface area contributed by atoms with Gasteiger partial charge in [0.15, 0.2) is 6.61 Å². The number of rotatable bonds is 7. The lowest BCUT2D eigenvalue weighted by atomic mass is 10.1. The summed E-state index contributed by atoms with van der Waals surface area (Å²) in [4.78, 5) is 26.6. The molecule has 158 valence electrons. The van der Waals surface area contributed by atoms with Crippen LogP contribution in [0.5, 0.6) is 11.5 Å². The molecule has 0 radical (unpaired) electrons. The Hall–Kier alpha value is -3.32. The first-order chi connectivity index (χ1) is 15.1. The zero-order valence-electron chi connectivity index (χ0n) is 16.7. The van der Waals surface area contributed by atoms with Crippen molar-refractivity contribution in [1.82, 2.24) is 0 Å². The van der Waals surface area contributed by atoms with Gasteiger partial charge in [-0.05, 0) is 58.7 Å². The number of nitrogens with zero attached hydrogens (tertiary/aromatic N) is 1. The van der Waals surface area contributed by atoms with Gasteiger partial charge in [-0.1, -0.05) is 30.3 Å². The maximum Gasteiger partial charge on any atom is 0.265 e. The third kappa shape index (κ3) is 5.06. The largest absolute Gasteiger partial charge is 0.494 e. The Kier molecular flexibility index (Phi) is 6.52. The van der Waals surface area contributed by atoms with Crippen LogP contribution in [-0.2, 0) is 4.79 Å². The van der Waals surface area contributed by atoms with E-state index in [1.807, 2.05) is 42.5 Å². The Labute approximate surface area is 188 Å². The van der Waals surface area contributed by atoms with E-state index < -0.39 is 0 Å². The maximum absolute atomic E-state index is 12.6. The molecule has 0 fully saturated rings. The molecule has 0 saturated heterocycles. The highest BCUT2D eigenvalue weighted by Crippen LogP contribution is 2.35. The maximum atomic E-state index is 12.6. The van der Waals surface area contributed by atoms with Gasteiger partial charge in [0.1, 0.15) is 11.5 Å².